The molecular formula is C18H29FN2. The number of anilines is 1. The maximum absolute atomic E-state index is 14.5. The average molecular weight is 292 g/mol. The van der Waals surface area contributed by atoms with Gasteiger partial charge >= 0.3 is 0 Å². The molecule has 21 heavy (non-hydrogen) atoms. The Bertz CT molecular complexity index is 470. The van der Waals surface area contributed by atoms with Gasteiger partial charge in [-0.3, -0.25) is 0 Å². The maximum atomic E-state index is 14.5. The van der Waals surface area contributed by atoms with Crippen LogP contribution < -0.4 is 10.2 Å². The zero-order valence-electron chi connectivity index (χ0n) is 13.9. The Hall–Kier alpha value is -1.09. The number of benzene rings is 1. The second kappa shape index (κ2) is 6.78. The van der Waals surface area contributed by atoms with Gasteiger partial charge in [0, 0.05) is 19.1 Å². The molecule has 1 aromatic rings. The van der Waals surface area contributed by atoms with Crippen molar-refractivity contribution in [3.8, 4) is 0 Å². The fourth-order valence-electron chi connectivity index (χ4n) is 3.14. The number of nitrogens with zero attached hydrogens (tertiary/aromatic N) is 1. The van der Waals surface area contributed by atoms with Crippen molar-refractivity contribution in [2.45, 2.75) is 53.0 Å². The van der Waals surface area contributed by atoms with E-state index in [0.717, 1.165) is 43.7 Å². The van der Waals surface area contributed by atoms with E-state index in [1.165, 1.54) is 6.42 Å². The topological polar surface area (TPSA) is 15.3 Å². The summed E-state index contributed by atoms with van der Waals surface area (Å²) in [7, 11) is 0. The van der Waals surface area contributed by atoms with Crippen LogP contribution in [0.3, 0.4) is 0 Å². The van der Waals surface area contributed by atoms with Gasteiger partial charge in [0.05, 0.1) is 5.69 Å². The molecule has 1 aliphatic heterocycles. The van der Waals surface area contributed by atoms with E-state index < -0.39 is 0 Å². The predicted octanol–water partition coefficient (Wildman–Crippen LogP) is 4.51. The molecule has 0 amide bonds. The second-order valence-electron chi connectivity index (χ2n) is 7.00. The van der Waals surface area contributed by atoms with Crippen molar-refractivity contribution < 1.29 is 4.39 Å². The summed E-state index contributed by atoms with van der Waals surface area (Å²) in [6.07, 6.45) is 3.49. The molecule has 1 aliphatic rings. The van der Waals surface area contributed by atoms with Gasteiger partial charge in [-0.25, -0.2) is 4.39 Å². The standard InChI is InChI=1S/C18H29FN2/c1-5-20-14(2)15-7-8-17(16(19)13-15)21-11-6-9-18(3,4)10-12-21/h7-8,13-14,20H,5-6,9-12H2,1-4H3. The molecule has 1 unspecified atom stereocenters. The Kier molecular flexibility index (Phi) is 5.26. The summed E-state index contributed by atoms with van der Waals surface area (Å²) in [6, 6.07) is 5.90. The van der Waals surface area contributed by atoms with Gasteiger partial charge in [0.2, 0.25) is 0 Å². The monoisotopic (exact) mass is 292 g/mol. The van der Waals surface area contributed by atoms with E-state index in [9.17, 15) is 4.39 Å². The van der Waals surface area contributed by atoms with Crippen LogP contribution in [0.4, 0.5) is 10.1 Å². The second-order valence-corrected chi connectivity index (χ2v) is 7.00. The number of nitrogens with one attached hydrogen (secondary N) is 1. The minimum atomic E-state index is -0.0861. The van der Waals surface area contributed by atoms with Crippen molar-refractivity contribution in [1.29, 1.82) is 0 Å². The molecule has 118 valence electrons. The SMILES string of the molecule is CCNC(C)c1ccc(N2CCCC(C)(C)CC2)c(F)c1. The van der Waals surface area contributed by atoms with Gasteiger partial charge in [-0.2, -0.15) is 0 Å². The van der Waals surface area contributed by atoms with Crippen LogP contribution in [0, 0.1) is 11.2 Å². The van der Waals surface area contributed by atoms with E-state index in [-0.39, 0.29) is 11.9 Å². The van der Waals surface area contributed by atoms with Gasteiger partial charge in [0.15, 0.2) is 0 Å². The summed E-state index contributed by atoms with van der Waals surface area (Å²) in [5.74, 6) is -0.0861. The van der Waals surface area contributed by atoms with Gasteiger partial charge < -0.3 is 10.2 Å². The third-order valence-electron chi connectivity index (χ3n) is 4.66. The van der Waals surface area contributed by atoms with E-state index in [1.54, 1.807) is 6.07 Å². The molecule has 0 spiro atoms. The van der Waals surface area contributed by atoms with Crippen molar-refractivity contribution >= 4 is 5.69 Å². The van der Waals surface area contributed by atoms with Gasteiger partial charge in [-0.05, 0) is 55.8 Å². The summed E-state index contributed by atoms with van der Waals surface area (Å²) in [5.41, 5.74) is 2.17. The number of hydrogen-bond acceptors (Lipinski definition) is 2. The van der Waals surface area contributed by atoms with E-state index >= 15 is 0 Å². The Labute approximate surface area is 128 Å². The molecule has 1 fully saturated rings. The molecule has 1 saturated heterocycles. The summed E-state index contributed by atoms with van der Waals surface area (Å²) in [4.78, 5) is 2.21. The van der Waals surface area contributed by atoms with E-state index in [2.05, 4.69) is 44.0 Å². The highest BCUT2D eigenvalue weighted by Crippen LogP contribution is 2.33. The molecule has 3 heteroatoms. The minimum Gasteiger partial charge on any atom is -0.369 e. The lowest BCUT2D eigenvalue weighted by molar-refractivity contribution is 0.325. The van der Waals surface area contributed by atoms with Crippen LogP contribution in [0.25, 0.3) is 0 Å². The van der Waals surface area contributed by atoms with Crippen LogP contribution in [0.1, 0.15) is 58.6 Å². The zero-order valence-corrected chi connectivity index (χ0v) is 13.9. The molecule has 1 heterocycles. The van der Waals surface area contributed by atoms with E-state index in [4.69, 9.17) is 0 Å². The molecule has 1 aromatic carbocycles. The smallest absolute Gasteiger partial charge is 0.146 e. The van der Waals surface area contributed by atoms with Gasteiger partial charge in [0.25, 0.3) is 0 Å². The molecule has 2 nitrogen and oxygen atoms in total. The Morgan fingerprint density at radius 2 is 2.05 bits per heavy atom. The lowest BCUT2D eigenvalue weighted by Gasteiger charge is -2.26. The van der Waals surface area contributed by atoms with Crippen molar-refractivity contribution in [2.75, 3.05) is 24.5 Å². The highest BCUT2D eigenvalue weighted by atomic mass is 19.1. The molecule has 2 rings (SSSR count). The minimum absolute atomic E-state index is 0.0861. The predicted molar refractivity (Wildman–Crippen MR) is 88.3 cm³/mol. The van der Waals surface area contributed by atoms with Gasteiger partial charge in [0.1, 0.15) is 5.82 Å². The Balaban J connectivity index is 2.13. The first kappa shape index (κ1) is 16.3. The molecule has 0 bridgehead atoms. The molecule has 1 atom stereocenters. The fraction of sp³-hybridized carbons (Fsp3) is 0.667. The Morgan fingerprint density at radius 1 is 1.29 bits per heavy atom. The van der Waals surface area contributed by atoms with E-state index in [0.29, 0.717) is 5.41 Å². The molecule has 0 saturated carbocycles. The highest BCUT2D eigenvalue weighted by Gasteiger charge is 2.24. The summed E-state index contributed by atoms with van der Waals surface area (Å²) in [5, 5.41) is 3.33. The molecule has 1 N–H and O–H groups in total. The van der Waals surface area contributed by atoms with Crippen molar-refractivity contribution in [3.05, 3.63) is 29.6 Å². The maximum Gasteiger partial charge on any atom is 0.146 e. The van der Waals surface area contributed by atoms with Crippen molar-refractivity contribution in [1.82, 2.24) is 5.32 Å². The summed E-state index contributed by atoms with van der Waals surface area (Å²) in [6.45, 7) is 11.6. The Morgan fingerprint density at radius 3 is 2.71 bits per heavy atom. The highest BCUT2D eigenvalue weighted by molar-refractivity contribution is 5.49. The third kappa shape index (κ3) is 4.19. The van der Waals surface area contributed by atoms with Crippen LogP contribution in [0.2, 0.25) is 0 Å². The summed E-state index contributed by atoms with van der Waals surface area (Å²) < 4.78 is 14.5. The van der Waals surface area contributed by atoms with Crippen LogP contribution in [0.5, 0.6) is 0 Å². The van der Waals surface area contributed by atoms with Crippen LogP contribution in [-0.4, -0.2) is 19.6 Å². The summed E-state index contributed by atoms with van der Waals surface area (Å²) >= 11 is 0. The van der Waals surface area contributed by atoms with Gasteiger partial charge in [-0.1, -0.05) is 26.8 Å². The molecule has 0 radical (unpaired) electrons. The largest absolute Gasteiger partial charge is 0.369 e. The van der Waals surface area contributed by atoms with E-state index in [1.807, 2.05) is 6.07 Å². The van der Waals surface area contributed by atoms with Crippen molar-refractivity contribution in [3.63, 3.8) is 0 Å². The lowest BCUT2D eigenvalue weighted by Crippen LogP contribution is -2.26. The fourth-order valence-corrected chi connectivity index (χ4v) is 3.14. The van der Waals surface area contributed by atoms with Crippen LogP contribution in [-0.2, 0) is 0 Å². The first-order valence-corrected chi connectivity index (χ1v) is 8.21. The normalized spacial score (nSPS) is 20.1. The average Bonchev–Trinajstić information content (AvgIpc) is 2.60. The number of hydrogen-bond donors (Lipinski definition) is 1. The zero-order chi connectivity index (χ0) is 15.5. The van der Waals surface area contributed by atoms with Crippen molar-refractivity contribution in [2.24, 2.45) is 5.41 Å². The lowest BCUT2D eigenvalue weighted by atomic mass is 9.85. The molecule has 0 aromatic heterocycles. The molecular weight excluding hydrogens is 263 g/mol. The first-order chi connectivity index (χ1) is 9.93. The van der Waals surface area contributed by atoms with Crippen LogP contribution in [0.15, 0.2) is 18.2 Å². The first-order valence-electron chi connectivity index (χ1n) is 8.21. The quantitative estimate of drug-likeness (QED) is 0.878. The number of halogens is 1. The van der Waals surface area contributed by atoms with Gasteiger partial charge in [-0.15, -0.1) is 0 Å². The third-order valence-corrected chi connectivity index (χ3v) is 4.66. The molecule has 0 aliphatic carbocycles. The number of rotatable bonds is 4. The van der Waals surface area contributed by atoms with Crippen LogP contribution >= 0.6 is 0 Å².